The summed E-state index contributed by atoms with van der Waals surface area (Å²) in [7, 11) is 0. The maximum atomic E-state index is 12.9. The third-order valence-electron chi connectivity index (χ3n) is 5.23. The van der Waals surface area contributed by atoms with Crippen molar-refractivity contribution in [2.75, 3.05) is 13.1 Å². The largest absolute Gasteiger partial charge is 0.409 e. The Hall–Kier alpha value is -1.26. The van der Waals surface area contributed by atoms with Crippen LogP contribution in [0.2, 0.25) is 0 Å². The molecule has 21 heavy (non-hydrogen) atoms. The summed E-state index contributed by atoms with van der Waals surface area (Å²) in [5.41, 5.74) is 5.11. The molecule has 5 nitrogen and oxygen atoms in total. The lowest BCUT2D eigenvalue weighted by molar-refractivity contribution is -0.144. The fourth-order valence-corrected chi connectivity index (χ4v) is 4.09. The third-order valence-corrected chi connectivity index (χ3v) is 5.23. The first-order chi connectivity index (χ1) is 10.0. The smallest absolute Gasteiger partial charge is 0.236 e. The number of hydrogen-bond donors (Lipinski definition) is 2. The van der Waals surface area contributed by atoms with Gasteiger partial charge in [0.2, 0.25) is 5.91 Å². The Morgan fingerprint density at radius 1 is 1.38 bits per heavy atom. The lowest BCUT2D eigenvalue weighted by atomic mass is 9.61. The maximum absolute atomic E-state index is 12.9. The van der Waals surface area contributed by atoms with Crippen LogP contribution in [-0.2, 0) is 4.79 Å². The molecule has 1 heterocycles. The Labute approximate surface area is 127 Å². The number of hydrogen-bond acceptors (Lipinski definition) is 3. The average Bonchev–Trinajstić information content (AvgIpc) is 2.68. The average molecular weight is 295 g/mol. The summed E-state index contributed by atoms with van der Waals surface area (Å²) >= 11 is 0. The molecule has 0 spiro atoms. The molecule has 3 N–H and O–H groups in total. The molecule has 0 bridgehead atoms. The van der Waals surface area contributed by atoms with Crippen LogP contribution < -0.4 is 5.73 Å². The van der Waals surface area contributed by atoms with Gasteiger partial charge in [0.05, 0.1) is 0 Å². The molecule has 1 aliphatic carbocycles. The van der Waals surface area contributed by atoms with E-state index in [0.717, 1.165) is 31.8 Å². The van der Waals surface area contributed by atoms with Crippen molar-refractivity contribution in [1.82, 2.24) is 4.90 Å². The quantitative estimate of drug-likeness (QED) is 0.362. The minimum Gasteiger partial charge on any atom is -0.409 e. The van der Waals surface area contributed by atoms with Gasteiger partial charge in [-0.25, -0.2) is 0 Å². The number of carbonyl (C=O) groups is 1. The highest BCUT2D eigenvalue weighted by molar-refractivity contribution is 6.07. The molecule has 0 aromatic carbocycles. The summed E-state index contributed by atoms with van der Waals surface area (Å²) < 4.78 is 0. The standard InChI is InChI=1S/C16H29N3O2/c1-3-5-13-6-4-8-19(9-7-13)15(20)16(14(17)18-21)10-12(2)11-16/h12-13,21H,3-11H2,1-2H3,(H2,17,18). The minimum absolute atomic E-state index is 0.0769. The zero-order valence-electron chi connectivity index (χ0n) is 13.3. The lowest BCUT2D eigenvalue weighted by Crippen LogP contribution is -2.57. The van der Waals surface area contributed by atoms with Crippen LogP contribution in [0, 0.1) is 17.3 Å². The molecular formula is C16H29N3O2. The van der Waals surface area contributed by atoms with E-state index in [2.05, 4.69) is 19.0 Å². The second-order valence-corrected chi connectivity index (χ2v) is 6.96. The van der Waals surface area contributed by atoms with Crippen LogP contribution in [0.3, 0.4) is 0 Å². The minimum atomic E-state index is -0.737. The predicted molar refractivity (Wildman–Crippen MR) is 83.1 cm³/mol. The number of nitrogens with two attached hydrogens (primary N) is 1. The van der Waals surface area contributed by atoms with Crippen LogP contribution in [-0.4, -0.2) is 34.9 Å². The summed E-state index contributed by atoms with van der Waals surface area (Å²) in [5.74, 6) is 1.38. The van der Waals surface area contributed by atoms with Gasteiger partial charge in [-0.1, -0.05) is 31.8 Å². The van der Waals surface area contributed by atoms with E-state index in [1.54, 1.807) is 0 Å². The molecular weight excluding hydrogens is 266 g/mol. The van der Waals surface area contributed by atoms with Gasteiger partial charge in [0.25, 0.3) is 0 Å². The highest BCUT2D eigenvalue weighted by atomic mass is 16.4. The Morgan fingerprint density at radius 3 is 2.67 bits per heavy atom. The van der Waals surface area contributed by atoms with Crippen molar-refractivity contribution in [2.45, 2.75) is 58.8 Å². The van der Waals surface area contributed by atoms with Gasteiger partial charge < -0.3 is 15.8 Å². The molecule has 2 aliphatic rings. The van der Waals surface area contributed by atoms with Crippen LogP contribution in [0.25, 0.3) is 0 Å². The maximum Gasteiger partial charge on any atom is 0.236 e. The van der Waals surface area contributed by atoms with Crippen molar-refractivity contribution < 1.29 is 10.0 Å². The van der Waals surface area contributed by atoms with Crippen molar-refractivity contribution >= 4 is 11.7 Å². The van der Waals surface area contributed by atoms with Gasteiger partial charge in [-0.15, -0.1) is 0 Å². The highest BCUT2D eigenvalue weighted by Gasteiger charge is 2.53. The highest BCUT2D eigenvalue weighted by Crippen LogP contribution is 2.47. The Balaban J connectivity index is 2.05. The van der Waals surface area contributed by atoms with E-state index in [1.165, 1.54) is 19.3 Å². The van der Waals surface area contributed by atoms with E-state index in [4.69, 9.17) is 10.9 Å². The number of amidine groups is 1. The monoisotopic (exact) mass is 295 g/mol. The number of carbonyl (C=O) groups excluding carboxylic acids is 1. The molecule has 1 atom stereocenters. The molecule has 1 aliphatic heterocycles. The van der Waals surface area contributed by atoms with Gasteiger partial charge in [-0.2, -0.15) is 0 Å². The molecule has 5 heteroatoms. The van der Waals surface area contributed by atoms with Crippen LogP contribution in [0.15, 0.2) is 5.16 Å². The first-order valence-corrected chi connectivity index (χ1v) is 8.31. The molecule has 0 aromatic rings. The first-order valence-electron chi connectivity index (χ1n) is 8.31. The Kier molecular flexibility index (Phi) is 5.12. The van der Waals surface area contributed by atoms with E-state index in [1.807, 2.05) is 4.90 Å². The Bertz CT molecular complexity index is 402. The molecule has 2 fully saturated rings. The van der Waals surface area contributed by atoms with Crippen molar-refractivity contribution in [1.29, 1.82) is 0 Å². The molecule has 1 amide bonds. The normalized spacial score (nSPS) is 34.2. The molecule has 0 aromatic heterocycles. The summed E-state index contributed by atoms with van der Waals surface area (Å²) in [5, 5.41) is 12.2. The van der Waals surface area contributed by atoms with Crippen molar-refractivity contribution in [3.63, 3.8) is 0 Å². The van der Waals surface area contributed by atoms with Gasteiger partial charge in [0.15, 0.2) is 5.84 Å². The first kappa shape index (κ1) is 16.1. The fourth-order valence-electron chi connectivity index (χ4n) is 4.09. The van der Waals surface area contributed by atoms with Gasteiger partial charge in [-0.3, -0.25) is 4.79 Å². The number of likely N-dealkylation sites (tertiary alicyclic amines) is 1. The van der Waals surface area contributed by atoms with Gasteiger partial charge in [0, 0.05) is 13.1 Å². The predicted octanol–water partition coefficient (Wildman–Crippen LogP) is 2.58. The van der Waals surface area contributed by atoms with Crippen LogP contribution in [0.4, 0.5) is 0 Å². The van der Waals surface area contributed by atoms with Crippen LogP contribution in [0.5, 0.6) is 0 Å². The SMILES string of the molecule is CCCC1CCCN(C(=O)C2(C(N)=NO)CC(C)C2)CC1. The summed E-state index contributed by atoms with van der Waals surface area (Å²) in [6, 6.07) is 0. The van der Waals surface area contributed by atoms with E-state index in [-0.39, 0.29) is 11.7 Å². The molecule has 120 valence electrons. The Morgan fingerprint density at radius 2 is 2.10 bits per heavy atom. The molecule has 1 saturated carbocycles. The second-order valence-electron chi connectivity index (χ2n) is 6.96. The second kappa shape index (κ2) is 6.67. The number of amides is 1. The third kappa shape index (κ3) is 3.16. The number of nitrogens with zero attached hydrogens (tertiary/aromatic N) is 2. The van der Waals surface area contributed by atoms with Crippen LogP contribution in [0.1, 0.15) is 58.8 Å². The molecule has 0 radical (unpaired) electrons. The van der Waals surface area contributed by atoms with E-state index < -0.39 is 5.41 Å². The van der Waals surface area contributed by atoms with Crippen molar-refractivity contribution in [2.24, 2.45) is 28.1 Å². The van der Waals surface area contributed by atoms with Gasteiger partial charge >= 0.3 is 0 Å². The van der Waals surface area contributed by atoms with Crippen molar-refractivity contribution in [3.05, 3.63) is 0 Å². The fraction of sp³-hybridized carbons (Fsp3) is 0.875. The van der Waals surface area contributed by atoms with E-state index in [9.17, 15) is 4.79 Å². The van der Waals surface area contributed by atoms with Crippen molar-refractivity contribution in [3.8, 4) is 0 Å². The number of rotatable bonds is 4. The summed E-state index contributed by atoms with van der Waals surface area (Å²) in [4.78, 5) is 14.9. The number of oxime groups is 1. The topological polar surface area (TPSA) is 78.9 Å². The van der Waals surface area contributed by atoms with Crippen LogP contribution >= 0.6 is 0 Å². The summed E-state index contributed by atoms with van der Waals surface area (Å²) in [6.45, 7) is 5.96. The molecule has 1 saturated heterocycles. The van der Waals surface area contributed by atoms with Gasteiger partial charge in [0.1, 0.15) is 5.41 Å². The van der Waals surface area contributed by atoms with Gasteiger partial charge in [-0.05, 0) is 43.9 Å². The zero-order chi connectivity index (χ0) is 15.5. The van der Waals surface area contributed by atoms with E-state index in [0.29, 0.717) is 18.8 Å². The zero-order valence-corrected chi connectivity index (χ0v) is 13.3. The molecule has 1 unspecified atom stereocenters. The van der Waals surface area contributed by atoms with E-state index >= 15 is 0 Å². The lowest BCUT2D eigenvalue weighted by Gasteiger charge is -2.46. The molecule has 2 rings (SSSR count). The summed E-state index contributed by atoms with van der Waals surface area (Å²) in [6.07, 6.45) is 7.24.